The lowest BCUT2D eigenvalue weighted by Gasteiger charge is -2.36. The molecular formula is C29H35N3O4S. The van der Waals surface area contributed by atoms with Gasteiger partial charge in [-0.2, -0.15) is 0 Å². The summed E-state index contributed by atoms with van der Waals surface area (Å²) >= 11 is 1.64. The van der Waals surface area contributed by atoms with E-state index in [4.69, 9.17) is 0 Å². The van der Waals surface area contributed by atoms with Crippen molar-refractivity contribution in [2.75, 3.05) is 11.9 Å². The zero-order valence-electron chi connectivity index (χ0n) is 21.6. The first-order valence-corrected chi connectivity index (χ1v) is 14.0. The molecule has 0 aliphatic carbocycles. The number of nitrogens with zero attached hydrogens (tertiary/aromatic N) is 1. The lowest BCUT2D eigenvalue weighted by molar-refractivity contribution is -0.142. The van der Waals surface area contributed by atoms with Crippen molar-refractivity contribution in [1.29, 1.82) is 0 Å². The van der Waals surface area contributed by atoms with Gasteiger partial charge in [-0.05, 0) is 55.9 Å². The molecule has 6 atom stereocenters. The van der Waals surface area contributed by atoms with Crippen LogP contribution in [-0.2, 0) is 20.9 Å². The first kappa shape index (κ1) is 25.8. The van der Waals surface area contributed by atoms with Gasteiger partial charge in [0.2, 0.25) is 17.7 Å². The van der Waals surface area contributed by atoms with Gasteiger partial charge in [-0.1, -0.05) is 49.4 Å². The Morgan fingerprint density at radius 1 is 1.16 bits per heavy atom. The van der Waals surface area contributed by atoms with Gasteiger partial charge >= 0.3 is 0 Å². The van der Waals surface area contributed by atoms with E-state index in [1.807, 2.05) is 69.3 Å². The summed E-state index contributed by atoms with van der Waals surface area (Å²) in [4.78, 5) is 43.2. The highest BCUT2D eigenvalue weighted by Gasteiger charge is 2.74. The number of amides is 3. The van der Waals surface area contributed by atoms with E-state index in [1.165, 1.54) is 0 Å². The second-order valence-corrected chi connectivity index (χ2v) is 12.2. The normalized spacial score (nSPS) is 28.8. The number of hydrogen-bond donors (Lipinski definition) is 3. The van der Waals surface area contributed by atoms with Crippen LogP contribution in [0.5, 0.6) is 0 Å². The lowest BCUT2D eigenvalue weighted by Crippen LogP contribution is -2.54. The summed E-state index contributed by atoms with van der Waals surface area (Å²) < 4.78 is -0.680. The van der Waals surface area contributed by atoms with Crippen molar-refractivity contribution < 1.29 is 19.5 Å². The number of hydrogen-bond acceptors (Lipinski definition) is 5. The van der Waals surface area contributed by atoms with Crippen LogP contribution in [0.4, 0.5) is 5.69 Å². The second kappa shape index (κ2) is 10.1. The molecule has 1 spiro atoms. The van der Waals surface area contributed by atoms with Gasteiger partial charge in [0.1, 0.15) is 6.04 Å². The van der Waals surface area contributed by atoms with Crippen LogP contribution < -0.4 is 10.6 Å². The molecule has 3 aliphatic rings. The van der Waals surface area contributed by atoms with Crippen molar-refractivity contribution in [3.05, 3.63) is 65.2 Å². The number of anilines is 1. The molecular weight excluding hydrogens is 486 g/mol. The maximum absolute atomic E-state index is 14.0. The van der Waals surface area contributed by atoms with Gasteiger partial charge < -0.3 is 20.6 Å². The zero-order valence-corrected chi connectivity index (χ0v) is 22.4. The Balaban J connectivity index is 1.46. The Kier molecular flexibility index (Phi) is 7.07. The number of thioether (sulfide) groups is 1. The molecule has 196 valence electrons. The van der Waals surface area contributed by atoms with Gasteiger partial charge in [-0.3, -0.25) is 14.4 Å². The Morgan fingerprint density at radius 2 is 1.92 bits per heavy atom. The number of likely N-dealkylation sites (tertiary alicyclic amines) is 1. The SMILES string of the molecule is CC[C@@H](CO)N1C(=O)[C@@H]2[C@H](C(=O)NCc3ccccc3)[C@@H]3CCC2(S3)C1C(=O)Nc1cc(C)ccc1C. The number of fused-ring (bicyclic) bond motifs is 1. The average molecular weight is 522 g/mol. The molecule has 8 heteroatoms. The van der Waals surface area contributed by atoms with Gasteiger partial charge in [0, 0.05) is 17.5 Å². The number of aliphatic hydroxyl groups excluding tert-OH is 1. The first-order valence-electron chi connectivity index (χ1n) is 13.1. The van der Waals surface area contributed by atoms with Crippen molar-refractivity contribution in [3.63, 3.8) is 0 Å². The summed E-state index contributed by atoms with van der Waals surface area (Å²) in [7, 11) is 0. The van der Waals surface area contributed by atoms with E-state index in [0.717, 1.165) is 28.8 Å². The van der Waals surface area contributed by atoms with Gasteiger partial charge in [-0.15, -0.1) is 11.8 Å². The van der Waals surface area contributed by atoms with Crippen LogP contribution >= 0.6 is 11.8 Å². The van der Waals surface area contributed by atoms with Crippen LogP contribution in [0.15, 0.2) is 48.5 Å². The summed E-state index contributed by atoms with van der Waals surface area (Å²) in [5.41, 5.74) is 3.70. The quantitative estimate of drug-likeness (QED) is 0.495. The van der Waals surface area contributed by atoms with Crippen molar-refractivity contribution >= 4 is 35.2 Å². The van der Waals surface area contributed by atoms with E-state index in [1.54, 1.807) is 16.7 Å². The zero-order chi connectivity index (χ0) is 26.3. The molecule has 0 aromatic heterocycles. The second-order valence-electron chi connectivity index (χ2n) is 10.6. The van der Waals surface area contributed by atoms with Gasteiger partial charge in [-0.25, -0.2) is 0 Å². The molecule has 0 radical (unpaired) electrons. The topological polar surface area (TPSA) is 98.7 Å². The first-order chi connectivity index (χ1) is 17.8. The Morgan fingerprint density at radius 3 is 2.62 bits per heavy atom. The van der Waals surface area contributed by atoms with Crippen LogP contribution in [0.2, 0.25) is 0 Å². The largest absolute Gasteiger partial charge is 0.394 e. The van der Waals surface area contributed by atoms with E-state index in [0.29, 0.717) is 19.4 Å². The molecule has 7 nitrogen and oxygen atoms in total. The average Bonchev–Trinajstić information content (AvgIpc) is 3.54. The smallest absolute Gasteiger partial charge is 0.248 e. The minimum Gasteiger partial charge on any atom is -0.394 e. The number of benzene rings is 2. The van der Waals surface area contributed by atoms with Crippen LogP contribution in [0.25, 0.3) is 0 Å². The summed E-state index contributed by atoms with van der Waals surface area (Å²) in [6.07, 6.45) is 2.01. The number of nitrogens with one attached hydrogen (secondary N) is 2. The van der Waals surface area contributed by atoms with Crippen LogP contribution in [0, 0.1) is 25.7 Å². The van der Waals surface area contributed by atoms with E-state index in [-0.39, 0.29) is 29.6 Å². The number of carbonyl (C=O) groups excluding carboxylic acids is 3. The molecule has 3 amide bonds. The molecule has 2 bridgehead atoms. The fraction of sp³-hybridized carbons (Fsp3) is 0.483. The molecule has 37 heavy (non-hydrogen) atoms. The summed E-state index contributed by atoms with van der Waals surface area (Å²) in [5.74, 6) is -1.63. The van der Waals surface area contributed by atoms with Crippen LogP contribution in [0.3, 0.4) is 0 Å². The van der Waals surface area contributed by atoms with E-state index in [2.05, 4.69) is 10.6 Å². The van der Waals surface area contributed by atoms with Crippen molar-refractivity contribution in [2.45, 2.75) is 68.7 Å². The number of aryl methyl sites for hydroxylation is 2. The third-order valence-electron chi connectivity index (χ3n) is 8.33. The van der Waals surface area contributed by atoms with E-state index in [9.17, 15) is 19.5 Å². The van der Waals surface area contributed by atoms with Crippen molar-refractivity contribution in [1.82, 2.24) is 10.2 Å². The summed E-state index contributed by atoms with van der Waals surface area (Å²) in [6, 6.07) is 14.4. The molecule has 2 aromatic carbocycles. The molecule has 2 aromatic rings. The standard InChI is InChI=1S/C29H35N3O4S/c1-4-20(16-33)32-25(27(35)31-21-14-17(2)10-11-18(21)3)29-13-12-22(37-29)23(24(29)28(32)36)26(34)30-15-19-8-6-5-7-9-19/h5-11,14,20,22-25,33H,4,12-13,15-16H2,1-3H3,(H,30,34)(H,31,35)/t20-,22-,23+,24-,25?,29?/m0/s1. The third-order valence-corrected chi connectivity index (χ3v) is 10.3. The fourth-order valence-electron chi connectivity index (χ4n) is 6.47. The maximum atomic E-state index is 14.0. The highest BCUT2D eigenvalue weighted by Crippen LogP contribution is 2.66. The molecule has 3 fully saturated rings. The van der Waals surface area contributed by atoms with Crippen LogP contribution in [-0.4, -0.2) is 56.4 Å². The van der Waals surface area contributed by atoms with Crippen LogP contribution in [0.1, 0.15) is 42.9 Å². The molecule has 3 aliphatic heterocycles. The molecule has 3 saturated heterocycles. The predicted octanol–water partition coefficient (Wildman–Crippen LogP) is 3.42. The lowest BCUT2D eigenvalue weighted by atomic mass is 9.70. The predicted molar refractivity (Wildman–Crippen MR) is 145 cm³/mol. The minimum atomic E-state index is -0.746. The number of aliphatic hydroxyl groups is 1. The molecule has 3 heterocycles. The molecule has 2 unspecified atom stereocenters. The van der Waals surface area contributed by atoms with E-state index < -0.39 is 28.7 Å². The Bertz CT molecular complexity index is 1200. The molecule has 0 saturated carbocycles. The molecule has 3 N–H and O–H groups in total. The summed E-state index contributed by atoms with van der Waals surface area (Å²) in [6.45, 7) is 6.00. The van der Waals surface area contributed by atoms with Gasteiger partial charge in [0.25, 0.3) is 0 Å². The fourth-order valence-corrected chi connectivity index (χ4v) is 8.68. The Hall–Kier alpha value is -2.84. The van der Waals surface area contributed by atoms with Crippen molar-refractivity contribution in [3.8, 4) is 0 Å². The van der Waals surface area contributed by atoms with Gasteiger partial charge in [0.05, 0.1) is 29.2 Å². The monoisotopic (exact) mass is 521 g/mol. The Labute approximate surface area is 222 Å². The van der Waals surface area contributed by atoms with E-state index >= 15 is 0 Å². The minimum absolute atomic E-state index is 0.00270. The maximum Gasteiger partial charge on any atom is 0.248 e. The third kappa shape index (κ3) is 4.34. The summed E-state index contributed by atoms with van der Waals surface area (Å²) in [5, 5.41) is 16.3. The highest BCUT2D eigenvalue weighted by molar-refractivity contribution is 8.02. The van der Waals surface area contributed by atoms with Crippen molar-refractivity contribution in [2.24, 2.45) is 11.8 Å². The van der Waals surface area contributed by atoms with Gasteiger partial charge in [0.15, 0.2) is 0 Å². The number of carbonyl (C=O) groups is 3. The number of rotatable bonds is 8. The highest BCUT2D eigenvalue weighted by atomic mass is 32.2. The molecule has 5 rings (SSSR count).